The van der Waals surface area contributed by atoms with Gasteiger partial charge in [-0.25, -0.2) is 0 Å². The quantitative estimate of drug-likeness (QED) is 0.659. The van der Waals surface area contributed by atoms with E-state index in [2.05, 4.69) is 5.32 Å². The molecule has 0 saturated heterocycles. The standard InChI is InChI=1S/C13H18N2O3/c1-9-5-3-7-11(15(16)17)13(9)14-10-6-4-8-12(10)18-2/h3,5,7,10,12,14H,4,6,8H2,1-2H3. The van der Waals surface area contributed by atoms with Crippen molar-refractivity contribution in [3.8, 4) is 0 Å². The van der Waals surface area contributed by atoms with Gasteiger partial charge >= 0.3 is 0 Å². The molecule has 18 heavy (non-hydrogen) atoms. The van der Waals surface area contributed by atoms with E-state index in [9.17, 15) is 10.1 Å². The lowest BCUT2D eigenvalue weighted by Gasteiger charge is -2.21. The van der Waals surface area contributed by atoms with Crippen LogP contribution < -0.4 is 5.32 Å². The van der Waals surface area contributed by atoms with E-state index in [1.807, 2.05) is 13.0 Å². The molecule has 1 N–H and O–H groups in total. The minimum atomic E-state index is -0.341. The van der Waals surface area contributed by atoms with Gasteiger partial charge in [-0.05, 0) is 31.7 Å². The van der Waals surface area contributed by atoms with E-state index in [4.69, 9.17) is 4.74 Å². The number of nitrogens with zero attached hydrogens (tertiary/aromatic N) is 1. The molecule has 1 aliphatic rings. The molecule has 0 aliphatic heterocycles. The molecule has 0 amide bonds. The van der Waals surface area contributed by atoms with Gasteiger partial charge in [0.05, 0.1) is 17.1 Å². The molecule has 2 unspecified atom stereocenters. The highest BCUT2D eigenvalue weighted by Gasteiger charge is 2.29. The number of ether oxygens (including phenoxy) is 1. The van der Waals surface area contributed by atoms with Crippen LogP contribution in [-0.2, 0) is 4.74 Å². The minimum absolute atomic E-state index is 0.136. The Kier molecular flexibility index (Phi) is 3.81. The van der Waals surface area contributed by atoms with E-state index < -0.39 is 0 Å². The zero-order chi connectivity index (χ0) is 13.1. The van der Waals surface area contributed by atoms with Crippen LogP contribution in [0.1, 0.15) is 24.8 Å². The van der Waals surface area contributed by atoms with Gasteiger partial charge in [0.15, 0.2) is 0 Å². The Morgan fingerprint density at radius 1 is 1.44 bits per heavy atom. The van der Waals surface area contributed by atoms with Crippen LogP contribution in [0.3, 0.4) is 0 Å². The molecule has 0 aromatic heterocycles. The molecule has 2 rings (SSSR count). The summed E-state index contributed by atoms with van der Waals surface area (Å²) >= 11 is 0. The van der Waals surface area contributed by atoms with E-state index in [1.54, 1.807) is 13.2 Å². The van der Waals surface area contributed by atoms with Crippen molar-refractivity contribution in [2.45, 2.75) is 38.3 Å². The molecule has 1 aliphatic carbocycles. The molecule has 0 spiro atoms. The van der Waals surface area contributed by atoms with Gasteiger partial charge in [0, 0.05) is 13.2 Å². The van der Waals surface area contributed by atoms with Gasteiger partial charge in [0.2, 0.25) is 0 Å². The highest BCUT2D eigenvalue weighted by Crippen LogP contribution is 2.32. The molecule has 1 aromatic carbocycles. The summed E-state index contributed by atoms with van der Waals surface area (Å²) in [4.78, 5) is 10.7. The number of aryl methyl sites for hydroxylation is 1. The number of hydrogen-bond donors (Lipinski definition) is 1. The zero-order valence-corrected chi connectivity index (χ0v) is 10.7. The third-order valence-corrected chi connectivity index (χ3v) is 3.53. The molecule has 2 atom stereocenters. The molecule has 0 heterocycles. The lowest BCUT2D eigenvalue weighted by molar-refractivity contribution is -0.384. The Bertz CT molecular complexity index is 448. The molecular formula is C13H18N2O3. The fourth-order valence-corrected chi connectivity index (χ4v) is 2.55. The van der Waals surface area contributed by atoms with Crippen molar-refractivity contribution in [1.82, 2.24) is 0 Å². The maximum atomic E-state index is 11.0. The van der Waals surface area contributed by atoms with Crippen molar-refractivity contribution < 1.29 is 9.66 Å². The Labute approximate surface area is 106 Å². The average Bonchev–Trinajstić information content (AvgIpc) is 2.78. The van der Waals surface area contributed by atoms with E-state index in [0.717, 1.165) is 24.8 Å². The van der Waals surface area contributed by atoms with E-state index in [1.165, 1.54) is 6.07 Å². The van der Waals surface area contributed by atoms with Crippen molar-refractivity contribution in [2.75, 3.05) is 12.4 Å². The van der Waals surface area contributed by atoms with Crippen LogP contribution in [0.25, 0.3) is 0 Å². The Hall–Kier alpha value is -1.62. The van der Waals surface area contributed by atoms with Gasteiger partial charge in [0.25, 0.3) is 5.69 Å². The summed E-state index contributed by atoms with van der Waals surface area (Å²) in [5.74, 6) is 0. The second-order valence-corrected chi connectivity index (χ2v) is 4.68. The molecule has 5 nitrogen and oxygen atoms in total. The first-order chi connectivity index (χ1) is 8.63. The first-order valence-electron chi connectivity index (χ1n) is 6.17. The molecule has 5 heteroatoms. The summed E-state index contributed by atoms with van der Waals surface area (Å²) in [6, 6.07) is 5.29. The number of nitro groups is 1. The fraction of sp³-hybridized carbons (Fsp3) is 0.538. The number of nitrogens with one attached hydrogen (secondary N) is 1. The van der Waals surface area contributed by atoms with Gasteiger partial charge in [0.1, 0.15) is 5.69 Å². The number of anilines is 1. The van der Waals surface area contributed by atoms with Crippen LogP contribution in [0.15, 0.2) is 18.2 Å². The largest absolute Gasteiger partial charge is 0.379 e. The normalized spacial score (nSPS) is 23.0. The molecule has 1 fully saturated rings. The second-order valence-electron chi connectivity index (χ2n) is 4.68. The van der Waals surface area contributed by atoms with Crippen LogP contribution in [0.2, 0.25) is 0 Å². The predicted octanol–water partition coefficient (Wildman–Crippen LogP) is 2.88. The van der Waals surface area contributed by atoms with Crippen molar-refractivity contribution in [3.63, 3.8) is 0 Å². The Morgan fingerprint density at radius 2 is 2.22 bits per heavy atom. The molecule has 0 bridgehead atoms. The van der Waals surface area contributed by atoms with Gasteiger partial charge in [-0.2, -0.15) is 0 Å². The average molecular weight is 250 g/mol. The summed E-state index contributed by atoms with van der Waals surface area (Å²) in [5.41, 5.74) is 1.65. The Balaban J connectivity index is 2.25. The highest BCUT2D eigenvalue weighted by molar-refractivity contribution is 5.66. The maximum absolute atomic E-state index is 11.0. The summed E-state index contributed by atoms with van der Waals surface area (Å²) in [6.07, 6.45) is 3.23. The monoisotopic (exact) mass is 250 g/mol. The lowest BCUT2D eigenvalue weighted by Crippen LogP contribution is -2.30. The molecule has 1 saturated carbocycles. The highest BCUT2D eigenvalue weighted by atomic mass is 16.6. The SMILES string of the molecule is COC1CCCC1Nc1c(C)cccc1[N+](=O)[O-]. The van der Waals surface area contributed by atoms with Crippen LogP contribution in [-0.4, -0.2) is 24.2 Å². The predicted molar refractivity (Wildman–Crippen MR) is 69.9 cm³/mol. The minimum Gasteiger partial charge on any atom is -0.379 e. The van der Waals surface area contributed by atoms with E-state index in [-0.39, 0.29) is 22.8 Å². The molecular weight excluding hydrogens is 232 g/mol. The third-order valence-electron chi connectivity index (χ3n) is 3.53. The lowest BCUT2D eigenvalue weighted by atomic mass is 10.1. The van der Waals surface area contributed by atoms with Gasteiger partial charge in [-0.1, -0.05) is 12.1 Å². The topological polar surface area (TPSA) is 64.4 Å². The number of para-hydroxylation sites is 1. The molecule has 98 valence electrons. The number of hydrogen-bond acceptors (Lipinski definition) is 4. The molecule has 0 radical (unpaired) electrons. The van der Waals surface area contributed by atoms with Crippen molar-refractivity contribution >= 4 is 11.4 Å². The smallest absolute Gasteiger partial charge is 0.292 e. The van der Waals surface area contributed by atoms with E-state index in [0.29, 0.717) is 5.69 Å². The number of methoxy groups -OCH3 is 1. The summed E-state index contributed by atoms with van der Waals surface area (Å²) in [6.45, 7) is 1.88. The Morgan fingerprint density at radius 3 is 2.89 bits per heavy atom. The first-order valence-corrected chi connectivity index (χ1v) is 6.17. The molecule has 1 aromatic rings. The van der Waals surface area contributed by atoms with Crippen molar-refractivity contribution in [3.05, 3.63) is 33.9 Å². The van der Waals surface area contributed by atoms with Gasteiger partial charge in [-0.3, -0.25) is 10.1 Å². The first kappa shape index (κ1) is 12.8. The summed E-state index contributed by atoms with van der Waals surface area (Å²) in [7, 11) is 1.69. The number of nitro benzene ring substituents is 1. The fourth-order valence-electron chi connectivity index (χ4n) is 2.55. The van der Waals surface area contributed by atoms with Crippen LogP contribution in [0.5, 0.6) is 0 Å². The summed E-state index contributed by atoms with van der Waals surface area (Å²) in [5, 5.41) is 14.3. The van der Waals surface area contributed by atoms with Crippen LogP contribution in [0.4, 0.5) is 11.4 Å². The second kappa shape index (κ2) is 5.35. The maximum Gasteiger partial charge on any atom is 0.292 e. The summed E-state index contributed by atoms with van der Waals surface area (Å²) < 4.78 is 5.40. The van der Waals surface area contributed by atoms with Crippen molar-refractivity contribution in [1.29, 1.82) is 0 Å². The zero-order valence-electron chi connectivity index (χ0n) is 10.7. The van der Waals surface area contributed by atoms with E-state index >= 15 is 0 Å². The third kappa shape index (κ3) is 2.46. The van der Waals surface area contributed by atoms with Gasteiger partial charge < -0.3 is 10.1 Å². The van der Waals surface area contributed by atoms with Crippen LogP contribution >= 0.6 is 0 Å². The van der Waals surface area contributed by atoms with Gasteiger partial charge in [-0.15, -0.1) is 0 Å². The number of benzene rings is 1. The van der Waals surface area contributed by atoms with Crippen molar-refractivity contribution in [2.24, 2.45) is 0 Å². The van der Waals surface area contributed by atoms with Crippen LogP contribution in [0, 0.1) is 17.0 Å². The number of rotatable bonds is 4.